The van der Waals surface area contributed by atoms with Crippen LogP contribution in [0, 0.1) is 17.8 Å². The van der Waals surface area contributed by atoms with Gasteiger partial charge in [-0.25, -0.2) is 4.57 Å². The Labute approximate surface area is 185 Å². The van der Waals surface area contributed by atoms with Crippen LogP contribution in [0.4, 0.5) is 0 Å². The molecule has 1 aromatic rings. The molecule has 0 saturated carbocycles. The summed E-state index contributed by atoms with van der Waals surface area (Å²) in [5.74, 6) is 0.518. The lowest BCUT2D eigenvalue weighted by molar-refractivity contribution is 0.150. The predicted molar refractivity (Wildman–Crippen MR) is 127 cm³/mol. The molecule has 1 rings (SSSR count). The molecule has 4 nitrogen and oxygen atoms in total. The van der Waals surface area contributed by atoms with Gasteiger partial charge in [0.15, 0.2) is 0 Å². The maximum Gasteiger partial charge on any atom is 0.530 e. The monoisotopic (exact) mass is 440 g/mol. The first-order chi connectivity index (χ1) is 13.9. The lowest BCUT2D eigenvalue weighted by atomic mass is 9.89. The Morgan fingerprint density at radius 1 is 0.700 bits per heavy atom. The molecule has 30 heavy (non-hydrogen) atoms. The summed E-state index contributed by atoms with van der Waals surface area (Å²) in [7, 11) is -3.62. The summed E-state index contributed by atoms with van der Waals surface area (Å²) in [6, 6.07) is 7.47. The summed E-state index contributed by atoms with van der Waals surface area (Å²) in [6.45, 7) is 16.3. The lowest BCUT2D eigenvalue weighted by Crippen LogP contribution is -2.07. The molecule has 0 bridgehead atoms. The van der Waals surface area contributed by atoms with Crippen LogP contribution in [0.1, 0.15) is 98.5 Å². The molecule has 0 aliphatic heterocycles. The first-order valence-corrected chi connectivity index (χ1v) is 13.0. The van der Waals surface area contributed by atoms with Gasteiger partial charge in [-0.2, -0.15) is 0 Å². The smallest absolute Gasteiger partial charge is 0.404 e. The van der Waals surface area contributed by atoms with Crippen LogP contribution in [0.15, 0.2) is 24.3 Å². The van der Waals surface area contributed by atoms with Crippen LogP contribution in [-0.4, -0.2) is 13.2 Å². The summed E-state index contributed by atoms with van der Waals surface area (Å²) in [6.07, 6.45) is 8.45. The van der Waals surface area contributed by atoms with E-state index in [1.54, 1.807) is 12.1 Å². The van der Waals surface area contributed by atoms with Gasteiger partial charge in [0.25, 0.3) is 0 Å². The molecule has 0 spiro atoms. The van der Waals surface area contributed by atoms with Gasteiger partial charge >= 0.3 is 7.82 Å². The molecule has 0 fully saturated rings. The second-order valence-corrected chi connectivity index (χ2v) is 12.4. The standard InChI is InChI=1S/C25H45O4P/c1-22-14-16-23(17-15-22)29-30(26,27-20-12-8-10-18-24(2,3)4)28-21-13-9-11-19-25(5,6)7/h14-17H,8-13,18-21H2,1-7H3. The summed E-state index contributed by atoms with van der Waals surface area (Å²) < 4.78 is 30.2. The summed E-state index contributed by atoms with van der Waals surface area (Å²) >= 11 is 0. The summed E-state index contributed by atoms with van der Waals surface area (Å²) in [5, 5.41) is 0. The van der Waals surface area contributed by atoms with Crippen LogP contribution >= 0.6 is 7.82 Å². The van der Waals surface area contributed by atoms with E-state index in [-0.39, 0.29) is 0 Å². The van der Waals surface area contributed by atoms with Gasteiger partial charge < -0.3 is 4.52 Å². The Bertz CT molecular complexity index is 596. The number of phosphoric acid groups is 1. The molecule has 0 aliphatic rings. The topological polar surface area (TPSA) is 44.8 Å². The molecule has 0 saturated heterocycles. The van der Waals surface area contributed by atoms with Crippen LogP contribution in [0.5, 0.6) is 5.75 Å². The Morgan fingerprint density at radius 3 is 1.53 bits per heavy atom. The highest BCUT2D eigenvalue weighted by Crippen LogP contribution is 2.50. The number of benzene rings is 1. The summed E-state index contributed by atoms with van der Waals surface area (Å²) in [4.78, 5) is 0. The van der Waals surface area contributed by atoms with Gasteiger partial charge in [-0.3, -0.25) is 9.05 Å². The van der Waals surface area contributed by atoms with E-state index < -0.39 is 7.82 Å². The third kappa shape index (κ3) is 14.2. The molecular weight excluding hydrogens is 395 g/mol. The van der Waals surface area contributed by atoms with E-state index in [1.165, 1.54) is 12.8 Å². The van der Waals surface area contributed by atoms with Crippen molar-refractivity contribution >= 4 is 7.82 Å². The molecule has 0 unspecified atom stereocenters. The molecule has 0 amide bonds. The van der Waals surface area contributed by atoms with Gasteiger partial charge in [0.1, 0.15) is 5.75 Å². The third-order valence-electron chi connectivity index (χ3n) is 4.88. The van der Waals surface area contributed by atoms with Gasteiger partial charge in [-0.1, -0.05) is 84.9 Å². The maximum absolute atomic E-state index is 13.2. The third-order valence-corrected chi connectivity index (χ3v) is 6.31. The van der Waals surface area contributed by atoms with Crippen molar-refractivity contribution in [2.75, 3.05) is 13.2 Å². The van der Waals surface area contributed by atoms with E-state index in [9.17, 15) is 4.57 Å². The maximum atomic E-state index is 13.2. The van der Waals surface area contributed by atoms with Crippen molar-refractivity contribution in [1.29, 1.82) is 0 Å². The van der Waals surface area contributed by atoms with Crippen LogP contribution in [0.25, 0.3) is 0 Å². The van der Waals surface area contributed by atoms with E-state index in [0.29, 0.717) is 29.8 Å². The molecule has 5 heteroatoms. The van der Waals surface area contributed by atoms with Gasteiger partial charge in [0.2, 0.25) is 0 Å². The Hall–Kier alpha value is -0.830. The zero-order valence-corrected chi connectivity index (χ0v) is 21.4. The second-order valence-electron chi connectivity index (χ2n) is 10.8. The normalized spacial score (nSPS) is 12.9. The van der Waals surface area contributed by atoms with Crippen LogP contribution in [-0.2, 0) is 13.6 Å². The van der Waals surface area contributed by atoms with Gasteiger partial charge in [-0.05, 0) is 55.6 Å². The predicted octanol–water partition coefficient (Wildman–Crippen LogP) is 8.73. The van der Waals surface area contributed by atoms with E-state index in [1.807, 2.05) is 19.1 Å². The zero-order chi connectivity index (χ0) is 22.7. The van der Waals surface area contributed by atoms with E-state index in [4.69, 9.17) is 13.6 Å². The van der Waals surface area contributed by atoms with Crippen molar-refractivity contribution in [2.24, 2.45) is 10.8 Å². The minimum Gasteiger partial charge on any atom is -0.404 e. The quantitative estimate of drug-likeness (QED) is 0.214. The van der Waals surface area contributed by atoms with Crippen LogP contribution in [0.3, 0.4) is 0 Å². The minimum absolute atomic E-state index is 0.348. The number of hydrogen-bond acceptors (Lipinski definition) is 4. The molecule has 174 valence electrons. The Morgan fingerprint density at radius 2 is 1.13 bits per heavy atom. The highest BCUT2D eigenvalue weighted by Gasteiger charge is 2.28. The second kappa shape index (κ2) is 12.9. The SMILES string of the molecule is Cc1ccc(OP(=O)(OCCCCCC(C)(C)C)OCCCCCC(C)(C)C)cc1. The molecule has 0 N–H and O–H groups in total. The molecular formula is C25H45O4P. The Kier molecular flexibility index (Phi) is 11.7. The minimum atomic E-state index is -3.62. The molecule has 1 aromatic carbocycles. The average Bonchev–Trinajstić information content (AvgIpc) is 2.61. The zero-order valence-electron chi connectivity index (χ0n) is 20.5. The van der Waals surface area contributed by atoms with Crippen molar-refractivity contribution in [3.63, 3.8) is 0 Å². The fraction of sp³-hybridized carbons (Fsp3) is 0.760. The summed E-state index contributed by atoms with van der Waals surface area (Å²) in [5.41, 5.74) is 1.82. The number of aryl methyl sites for hydroxylation is 1. The Balaban J connectivity index is 2.48. The van der Waals surface area contributed by atoms with E-state index >= 15 is 0 Å². The van der Waals surface area contributed by atoms with Crippen molar-refractivity contribution in [2.45, 2.75) is 99.8 Å². The van der Waals surface area contributed by atoms with E-state index in [2.05, 4.69) is 41.5 Å². The molecule has 0 aliphatic carbocycles. The largest absolute Gasteiger partial charge is 0.530 e. The van der Waals surface area contributed by atoms with Crippen LogP contribution in [0.2, 0.25) is 0 Å². The lowest BCUT2D eigenvalue weighted by Gasteiger charge is -2.20. The van der Waals surface area contributed by atoms with Crippen LogP contribution < -0.4 is 4.52 Å². The number of rotatable bonds is 14. The number of phosphoric ester groups is 1. The van der Waals surface area contributed by atoms with E-state index in [0.717, 1.165) is 44.1 Å². The molecule has 0 radical (unpaired) electrons. The molecule has 0 atom stereocenters. The van der Waals surface area contributed by atoms with Crippen molar-refractivity contribution in [3.05, 3.63) is 29.8 Å². The van der Waals surface area contributed by atoms with Crippen molar-refractivity contribution < 1.29 is 18.1 Å². The van der Waals surface area contributed by atoms with Gasteiger partial charge in [-0.15, -0.1) is 0 Å². The molecule has 0 heterocycles. The fourth-order valence-electron chi connectivity index (χ4n) is 3.04. The van der Waals surface area contributed by atoms with Crippen molar-refractivity contribution in [3.8, 4) is 5.75 Å². The average molecular weight is 441 g/mol. The fourth-order valence-corrected chi connectivity index (χ4v) is 4.30. The first-order valence-electron chi connectivity index (χ1n) is 11.5. The first kappa shape index (κ1) is 27.2. The number of hydrogen-bond donors (Lipinski definition) is 0. The highest BCUT2D eigenvalue weighted by atomic mass is 31.2. The van der Waals surface area contributed by atoms with Crippen molar-refractivity contribution in [1.82, 2.24) is 0 Å². The number of unbranched alkanes of at least 4 members (excludes halogenated alkanes) is 4. The highest BCUT2D eigenvalue weighted by molar-refractivity contribution is 7.48. The van der Waals surface area contributed by atoms with Gasteiger partial charge in [0.05, 0.1) is 13.2 Å². The van der Waals surface area contributed by atoms with Gasteiger partial charge in [0, 0.05) is 0 Å². The molecule has 0 aromatic heterocycles.